The molecule has 2 bridgehead atoms. The highest BCUT2D eigenvalue weighted by molar-refractivity contribution is 7.89. The molecular formula is C15H18FNO2S. The molecule has 1 saturated carbocycles. The van der Waals surface area contributed by atoms with Gasteiger partial charge in [0.15, 0.2) is 0 Å². The van der Waals surface area contributed by atoms with E-state index in [1.54, 1.807) is 6.92 Å². The molecule has 20 heavy (non-hydrogen) atoms. The Morgan fingerprint density at radius 2 is 2.10 bits per heavy atom. The van der Waals surface area contributed by atoms with Crippen LogP contribution in [0.3, 0.4) is 0 Å². The molecule has 1 N–H and O–H groups in total. The van der Waals surface area contributed by atoms with Crippen LogP contribution >= 0.6 is 0 Å². The number of aryl methyl sites for hydroxylation is 1. The second kappa shape index (κ2) is 4.97. The summed E-state index contributed by atoms with van der Waals surface area (Å²) in [6, 6.07) is 3.75. The standard InChI is InChI=1S/C15H18FNO2S/c1-10-6-14(16)4-5-15(10)20(18,19)17-9-13-8-11-2-3-12(13)7-11/h2-6,11-13,17H,7-9H2,1H3. The molecule has 108 valence electrons. The zero-order valence-corrected chi connectivity index (χ0v) is 12.2. The van der Waals surface area contributed by atoms with E-state index >= 15 is 0 Å². The van der Waals surface area contributed by atoms with Gasteiger partial charge in [-0.05, 0) is 61.3 Å². The lowest BCUT2D eigenvalue weighted by molar-refractivity contribution is 0.440. The number of hydrogen-bond donors (Lipinski definition) is 1. The molecule has 1 fully saturated rings. The van der Waals surface area contributed by atoms with Crippen LogP contribution in [0.25, 0.3) is 0 Å². The zero-order valence-electron chi connectivity index (χ0n) is 11.3. The summed E-state index contributed by atoms with van der Waals surface area (Å²) in [4.78, 5) is 0.164. The third kappa shape index (κ3) is 2.52. The van der Waals surface area contributed by atoms with E-state index in [-0.39, 0.29) is 4.90 Å². The average molecular weight is 295 g/mol. The molecule has 3 rings (SSSR count). The number of hydrogen-bond acceptors (Lipinski definition) is 2. The number of sulfonamides is 1. The van der Waals surface area contributed by atoms with Crippen molar-refractivity contribution in [3.63, 3.8) is 0 Å². The van der Waals surface area contributed by atoms with Crippen molar-refractivity contribution < 1.29 is 12.8 Å². The monoisotopic (exact) mass is 295 g/mol. The first-order valence-corrected chi connectivity index (χ1v) is 8.38. The molecule has 1 aromatic carbocycles. The first-order valence-electron chi connectivity index (χ1n) is 6.90. The third-order valence-electron chi connectivity index (χ3n) is 4.38. The molecular weight excluding hydrogens is 277 g/mol. The van der Waals surface area contributed by atoms with Crippen molar-refractivity contribution in [2.45, 2.75) is 24.7 Å². The predicted molar refractivity (Wildman–Crippen MR) is 75.2 cm³/mol. The largest absolute Gasteiger partial charge is 0.240 e. The van der Waals surface area contributed by atoms with Crippen molar-refractivity contribution in [2.24, 2.45) is 17.8 Å². The summed E-state index contributed by atoms with van der Waals surface area (Å²) in [5.41, 5.74) is 0.435. The number of allylic oxidation sites excluding steroid dienone is 2. The van der Waals surface area contributed by atoms with Gasteiger partial charge < -0.3 is 0 Å². The van der Waals surface area contributed by atoms with Crippen LogP contribution in [-0.2, 0) is 10.0 Å². The van der Waals surface area contributed by atoms with Gasteiger partial charge in [-0.1, -0.05) is 12.2 Å². The summed E-state index contributed by atoms with van der Waals surface area (Å²) in [6.07, 6.45) is 6.66. The zero-order chi connectivity index (χ0) is 14.3. The molecule has 0 aliphatic heterocycles. The topological polar surface area (TPSA) is 46.2 Å². The van der Waals surface area contributed by atoms with Crippen molar-refractivity contribution >= 4 is 10.0 Å². The summed E-state index contributed by atoms with van der Waals surface area (Å²) in [7, 11) is -3.55. The van der Waals surface area contributed by atoms with Gasteiger partial charge in [0.1, 0.15) is 5.82 Å². The Bertz CT molecular complexity index is 654. The van der Waals surface area contributed by atoms with Crippen molar-refractivity contribution in [1.82, 2.24) is 4.72 Å². The highest BCUT2D eigenvalue weighted by Crippen LogP contribution is 2.43. The summed E-state index contributed by atoms with van der Waals surface area (Å²) in [6.45, 7) is 2.07. The minimum absolute atomic E-state index is 0.164. The molecule has 1 aromatic rings. The Hall–Kier alpha value is -1.20. The van der Waals surface area contributed by atoms with Crippen LogP contribution < -0.4 is 4.72 Å². The van der Waals surface area contributed by atoms with Crippen LogP contribution in [0.1, 0.15) is 18.4 Å². The molecule has 2 aliphatic rings. The van der Waals surface area contributed by atoms with Crippen LogP contribution in [0.15, 0.2) is 35.2 Å². The molecule has 2 aliphatic carbocycles. The summed E-state index contributed by atoms with van der Waals surface area (Å²) >= 11 is 0. The first-order chi connectivity index (χ1) is 9.45. The maximum atomic E-state index is 13.0. The lowest BCUT2D eigenvalue weighted by Crippen LogP contribution is -2.31. The SMILES string of the molecule is Cc1cc(F)ccc1S(=O)(=O)NCC1CC2C=CC1C2. The summed E-state index contributed by atoms with van der Waals surface area (Å²) in [5.74, 6) is 1.11. The fourth-order valence-electron chi connectivity index (χ4n) is 3.34. The Balaban J connectivity index is 1.71. The van der Waals surface area contributed by atoms with Crippen molar-refractivity contribution in [3.05, 3.63) is 41.7 Å². The first kappa shape index (κ1) is 13.8. The predicted octanol–water partition coefficient (Wildman–Crippen LogP) is 2.62. The van der Waals surface area contributed by atoms with Crippen LogP contribution in [0.2, 0.25) is 0 Å². The van der Waals surface area contributed by atoms with E-state index in [4.69, 9.17) is 0 Å². The van der Waals surface area contributed by atoms with Gasteiger partial charge in [0.25, 0.3) is 0 Å². The Labute approximate surface area is 118 Å². The lowest BCUT2D eigenvalue weighted by Gasteiger charge is -2.19. The highest BCUT2D eigenvalue weighted by atomic mass is 32.2. The van der Waals surface area contributed by atoms with E-state index in [1.165, 1.54) is 18.2 Å². The minimum atomic E-state index is -3.55. The summed E-state index contributed by atoms with van der Waals surface area (Å²) in [5, 5.41) is 0. The van der Waals surface area contributed by atoms with Gasteiger partial charge in [-0.15, -0.1) is 0 Å². The molecule has 0 radical (unpaired) electrons. The van der Waals surface area contributed by atoms with Gasteiger partial charge >= 0.3 is 0 Å². The highest BCUT2D eigenvalue weighted by Gasteiger charge is 2.36. The average Bonchev–Trinajstić information content (AvgIpc) is 2.98. The smallest absolute Gasteiger partial charge is 0.211 e. The number of halogens is 1. The fourth-order valence-corrected chi connectivity index (χ4v) is 4.66. The fraction of sp³-hybridized carbons (Fsp3) is 0.467. The van der Waals surface area contributed by atoms with Gasteiger partial charge in [0.05, 0.1) is 4.90 Å². The van der Waals surface area contributed by atoms with E-state index in [2.05, 4.69) is 16.9 Å². The second-order valence-electron chi connectivity index (χ2n) is 5.80. The third-order valence-corrected chi connectivity index (χ3v) is 5.96. The Morgan fingerprint density at radius 1 is 1.30 bits per heavy atom. The Kier molecular flexibility index (Phi) is 3.42. The number of rotatable bonds is 4. The Morgan fingerprint density at radius 3 is 2.70 bits per heavy atom. The van der Waals surface area contributed by atoms with Crippen LogP contribution in [0.5, 0.6) is 0 Å². The van der Waals surface area contributed by atoms with Crippen molar-refractivity contribution in [1.29, 1.82) is 0 Å². The van der Waals surface area contributed by atoms with E-state index in [0.29, 0.717) is 29.9 Å². The van der Waals surface area contributed by atoms with Gasteiger partial charge in [-0.25, -0.2) is 17.5 Å². The minimum Gasteiger partial charge on any atom is -0.211 e. The second-order valence-corrected chi connectivity index (χ2v) is 7.54. The number of fused-ring (bicyclic) bond motifs is 2. The maximum Gasteiger partial charge on any atom is 0.240 e. The molecule has 0 aromatic heterocycles. The van der Waals surface area contributed by atoms with E-state index in [0.717, 1.165) is 12.8 Å². The van der Waals surface area contributed by atoms with Crippen LogP contribution in [0.4, 0.5) is 4.39 Å². The lowest BCUT2D eigenvalue weighted by atomic mass is 9.94. The van der Waals surface area contributed by atoms with Crippen LogP contribution in [-0.4, -0.2) is 15.0 Å². The van der Waals surface area contributed by atoms with Gasteiger partial charge in [0, 0.05) is 6.54 Å². The molecule has 5 heteroatoms. The van der Waals surface area contributed by atoms with Crippen molar-refractivity contribution in [3.8, 4) is 0 Å². The van der Waals surface area contributed by atoms with Gasteiger partial charge in [-0.2, -0.15) is 0 Å². The van der Waals surface area contributed by atoms with E-state index in [9.17, 15) is 12.8 Å². The normalized spacial score (nSPS) is 28.2. The van der Waals surface area contributed by atoms with Gasteiger partial charge in [-0.3, -0.25) is 0 Å². The molecule has 3 unspecified atom stereocenters. The molecule has 0 amide bonds. The van der Waals surface area contributed by atoms with Gasteiger partial charge in [0.2, 0.25) is 10.0 Å². The quantitative estimate of drug-likeness (QED) is 0.868. The molecule has 0 heterocycles. The van der Waals surface area contributed by atoms with Crippen molar-refractivity contribution in [2.75, 3.05) is 6.54 Å². The molecule has 3 atom stereocenters. The maximum absolute atomic E-state index is 13.0. The van der Waals surface area contributed by atoms with E-state index in [1.807, 2.05) is 0 Å². The van der Waals surface area contributed by atoms with E-state index < -0.39 is 15.8 Å². The molecule has 0 saturated heterocycles. The molecule has 0 spiro atoms. The molecule has 3 nitrogen and oxygen atoms in total. The number of nitrogens with one attached hydrogen (secondary N) is 1. The number of benzene rings is 1. The van der Waals surface area contributed by atoms with Crippen LogP contribution in [0, 0.1) is 30.5 Å². The summed E-state index contributed by atoms with van der Waals surface area (Å²) < 4.78 is 40.3.